The van der Waals surface area contributed by atoms with Crippen molar-refractivity contribution in [2.24, 2.45) is 10.9 Å². The van der Waals surface area contributed by atoms with Gasteiger partial charge in [-0.25, -0.2) is 9.38 Å². The number of carbonyl (C=O) groups is 3. The van der Waals surface area contributed by atoms with Gasteiger partial charge in [-0.05, 0) is 31.7 Å². The van der Waals surface area contributed by atoms with Gasteiger partial charge < -0.3 is 20.0 Å². The molecule has 3 heterocycles. The van der Waals surface area contributed by atoms with Crippen LogP contribution in [-0.4, -0.2) is 85.6 Å². The highest BCUT2D eigenvalue weighted by Gasteiger charge is 2.41. The Morgan fingerprint density at radius 3 is 2.55 bits per heavy atom. The average Bonchev–Trinajstić information content (AvgIpc) is 3.35. The Bertz CT molecular complexity index is 1380. The summed E-state index contributed by atoms with van der Waals surface area (Å²) in [5.41, 5.74) is -1.36. The molecule has 2 atom stereocenters. The first-order valence-electron chi connectivity index (χ1n) is 12.7. The van der Waals surface area contributed by atoms with Crippen LogP contribution in [0.4, 0.5) is 23.2 Å². The molecule has 0 aromatic heterocycles. The van der Waals surface area contributed by atoms with E-state index in [9.17, 15) is 31.9 Å². The van der Waals surface area contributed by atoms with Crippen LogP contribution in [0.2, 0.25) is 0 Å². The number of halogens is 5. The Hall–Kier alpha value is -3.32. The van der Waals surface area contributed by atoms with E-state index in [4.69, 9.17) is 0 Å². The summed E-state index contributed by atoms with van der Waals surface area (Å²) in [6, 6.07) is 1.79. The van der Waals surface area contributed by atoms with Gasteiger partial charge in [-0.15, -0.1) is 0 Å². The average molecular weight is 624 g/mol. The highest BCUT2D eigenvalue weighted by atomic mass is 79.9. The van der Waals surface area contributed by atoms with E-state index < -0.39 is 47.2 Å². The van der Waals surface area contributed by atoms with Gasteiger partial charge in [0.05, 0.1) is 28.4 Å². The van der Waals surface area contributed by atoms with Crippen LogP contribution in [0, 0.1) is 5.92 Å². The molecule has 8 nitrogen and oxygen atoms in total. The minimum absolute atomic E-state index is 0.0103. The number of amides is 3. The van der Waals surface area contributed by atoms with Gasteiger partial charge in [0, 0.05) is 61.4 Å². The Kier molecular flexibility index (Phi) is 7.71. The number of rotatable bonds is 4. The number of nitrogens with one attached hydrogen (secondary N) is 1. The van der Waals surface area contributed by atoms with Gasteiger partial charge in [-0.3, -0.25) is 14.4 Å². The third-order valence-corrected chi connectivity index (χ3v) is 7.89. The molecule has 2 fully saturated rings. The maximum atomic E-state index is 14.3. The Labute approximate surface area is 236 Å². The fourth-order valence-corrected chi connectivity index (χ4v) is 5.84. The number of carbonyl (C=O) groups excluding carboxylic acids is 3. The summed E-state index contributed by atoms with van der Waals surface area (Å²) in [5.74, 6) is -3.42. The molecular weight excluding hydrogens is 598 g/mol. The molecule has 0 radical (unpaired) electrons. The second kappa shape index (κ2) is 10.9. The van der Waals surface area contributed by atoms with Crippen molar-refractivity contribution in [3.8, 4) is 0 Å². The predicted molar refractivity (Wildman–Crippen MR) is 144 cm³/mol. The third kappa shape index (κ3) is 5.62. The van der Waals surface area contributed by atoms with Crippen molar-refractivity contribution in [2.45, 2.75) is 18.6 Å². The first kappa shape index (κ1) is 28.2. The second-order valence-electron chi connectivity index (χ2n) is 10.2. The summed E-state index contributed by atoms with van der Waals surface area (Å²) < 4.78 is 57.1. The van der Waals surface area contributed by atoms with Crippen LogP contribution in [0.5, 0.6) is 0 Å². The molecule has 40 heavy (non-hydrogen) atoms. The van der Waals surface area contributed by atoms with Crippen molar-refractivity contribution in [3.05, 3.63) is 63.4 Å². The molecule has 0 bridgehead atoms. The molecule has 1 aromatic carbocycles. The molecule has 0 saturated carbocycles. The van der Waals surface area contributed by atoms with Gasteiger partial charge in [0.2, 0.25) is 5.91 Å². The first-order chi connectivity index (χ1) is 18.9. The van der Waals surface area contributed by atoms with Gasteiger partial charge in [-0.2, -0.15) is 13.2 Å². The summed E-state index contributed by atoms with van der Waals surface area (Å²) in [5, 5.41) is 2.78. The number of anilines is 1. The fraction of sp³-hybridized carbons (Fsp3) is 0.407. The van der Waals surface area contributed by atoms with Crippen LogP contribution in [0.25, 0.3) is 0 Å². The van der Waals surface area contributed by atoms with Crippen LogP contribution in [0.15, 0.2) is 57.3 Å². The number of benzene rings is 1. The summed E-state index contributed by atoms with van der Waals surface area (Å²) >= 11 is 3.14. The highest BCUT2D eigenvalue weighted by molar-refractivity contribution is 9.10. The molecule has 5 rings (SSSR count). The maximum Gasteiger partial charge on any atom is 0.418 e. The SMILES string of the molecule is CN1CCN(C(=O)c2cc(Br)cc(C(F)(F)F)c2N2CC[C@@H](NC(=O)C3=CC(=O)N=C4C(F)=CC=CC34)C2)CC1. The van der Waals surface area contributed by atoms with E-state index in [1.54, 1.807) is 11.0 Å². The standard InChI is InChI=1S/C27H26BrF4N5O3/c1-35-7-9-36(10-8-35)26(40)19-11-15(28)12-20(27(30,31)32)24(19)37-6-5-16(14-37)33-25(39)18-13-22(38)34-23-17(18)3-2-4-21(23)29/h2-4,11-13,16-17H,5-10,14H2,1H3,(H,33,39)/t16-,17?/m1/s1. The Morgan fingerprint density at radius 1 is 1.12 bits per heavy atom. The van der Waals surface area contributed by atoms with Gasteiger partial charge in [0.25, 0.3) is 11.8 Å². The van der Waals surface area contributed by atoms with E-state index in [0.29, 0.717) is 32.6 Å². The van der Waals surface area contributed by atoms with Gasteiger partial charge >= 0.3 is 6.18 Å². The summed E-state index contributed by atoms with van der Waals surface area (Å²) in [6.45, 7) is 2.18. The van der Waals surface area contributed by atoms with Gasteiger partial charge in [0.1, 0.15) is 5.83 Å². The topological polar surface area (TPSA) is 85.3 Å². The van der Waals surface area contributed by atoms with Crippen molar-refractivity contribution in [3.63, 3.8) is 0 Å². The molecular formula is C27H26BrF4N5O3. The number of likely N-dealkylation sites (N-methyl/N-ethyl adjacent to an activating group) is 1. The lowest BCUT2D eigenvalue weighted by atomic mass is 9.87. The first-order valence-corrected chi connectivity index (χ1v) is 13.5. The maximum absolute atomic E-state index is 14.3. The molecule has 2 saturated heterocycles. The van der Waals surface area contributed by atoms with Crippen LogP contribution in [0.1, 0.15) is 22.3 Å². The fourth-order valence-electron chi connectivity index (χ4n) is 5.38. The third-order valence-electron chi connectivity index (χ3n) is 7.43. The zero-order valence-corrected chi connectivity index (χ0v) is 23.1. The number of nitrogens with zero attached hydrogens (tertiary/aromatic N) is 4. The molecule has 0 spiro atoms. The number of dihydropyridines is 1. The summed E-state index contributed by atoms with van der Waals surface area (Å²) in [6.07, 6.45) is 0.745. The normalized spacial score (nSPS) is 23.4. The zero-order chi connectivity index (χ0) is 28.8. The second-order valence-corrected chi connectivity index (χ2v) is 11.1. The molecule has 3 aliphatic heterocycles. The predicted octanol–water partition coefficient (Wildman–Crippen LogP) is 3.50. The lowest BCUT2D eigenvalue weighted by molar-refractivity contribution is -0.137. The van der Waals surface area contributed by atoms with E-state index in [2.05, 4.69) is 26.2 Å². The van der Waals surface area contributed by atoms with Gasteiger partial charge in [-0.1, -0.05) is 28.1 Å². The number of alkyl halides is 3. The minimum Gasteiger partial charge on any atom is -0.368 e. The Morgan fingerprint density at radius 2 is 1.85 bits per heavy atom. The molecule has 1 unspecified atom stereocenters. The molecule has 212 valence electrons. The number of fused-ring (bicyclic) bond motifs is 1. The number of hydrogen-bond acceptors (Lipinski definition) is 5. The summed E-state index contributed by atoms with van der Waals surface area (Å²) in [7, 11) is 1.91. The largest absolute Gasteiger partial charge is 0.418 e. The van der Waals surface area contributed by atoms with E-state index in [-0.39, 0.29) is 40.1 Å². The number of hydrogen-bond donors (Lipinski definition) is 1. The molecule has 3 amide bonds. The molecule has 4 aliphatic rings. The number of piperazine rings is 1. The Balaban J connectivity index is 1.39. The van der Waals surface area contributed by atoms with Crippen molar-refractivity contribution in [2.75, 3.05) is 51.2 Å². The number of aliphatic imine (C=N–C) groups is 1. The van der Waals surface area contributed by atoms with Crippen LogP contribution < -0.4 is 10.2 Å². The molecule has 13 heteroatoms. The van der Waals surface area contributed by atoms with E-state index in [1.807, 2.05) is 11.9 Å². The monoisotopic (exact) mass is 623 g/mol. The van der Waals surface area contributed by atoms with Crippen molar-refractivity contribution in [1.82, 2.24) is 15.1 Å². The van der Waals surface area contributed by atoms with Gasteiger partial charge in [0.15, 0.2) is 0 Å². The summed E-state index contributed by atoms with van der Waals surface area (Å²) in [4.78, 5) is 47.4. The number of allylic oxidation sites excluding steroid dienone is 4. The highest BCUT2D eigenvalue weighted by Crippen LogP contribution is 2.42. The van der Waals surface area contributed by atoms with E-state index in [1.165, 1.54) is 17.0 Å². The van der Waals surface area contributed by atoms with E-state index >= 15 is 0 Å². The van der Waals surface area contributed by atoms with Crippen molar-refractivity contribution >= 4 is 45.1 Å². The lowest BCUT2D eigenvalue weighted by Crippen LogP contribution is -2.47. The smallest absolute Gasteiger partial charge is 0.368 e. The zero-order valence-electron chi connectivity index (χ0n) is 21.5. The quantitative estimate of drug-likeness (QED) is 0.519. The molecule has 1 aliphatic carbocycles. The van der Waals surface area contributed by atoms with Crippen molar-refractivity contribution in [1.29, 1.82) is 0 Å². The van der Waals surface area contributed by atoms with Crippen LogP contribution >= 0.6 is 15.9 Å². The van der Waals surface area contributed by atoms with Crippen LogP contribution in [0.3, 0.4) is 0 Å². The lowest BCUT2D eigenvalue weighted by Gasteiger charge is -2.34. The minimum atomic E-state index is -4.73. The van der Waals surface area contributed by atoms with E-state index in [0.717, 1.165) is 18.2 Å². The molecule has 1 N–H and O–H groups in total. The molecule has 1 aromatic rings. The van der Waals surface area contributed by atoms with Crippen LogP contribution in [-0.2, 0) is 15.8 Å². The van der Waals surface area contributed by atoms with Crippen molar-refractivity contribution < 1.29 is 31.9 Å².